The smallest absolute Gasteiger partial charge is 0.306 e. The molecule has 98 heavy (non-hydrogen) atoms. The average molecular weight is 1370 g/mol. The van der Waals surface area contributed by atoms with Crippen LogP contribution in [0.2, 0.25) is 0 Å². The molecule has 0 fully saturated rings. The molecule has 0 saturated heterocycles. The Hall–Kier alpha value is -5.41. The van der Waals surface area contributed by atoms with Crippen LogP contribution in [-0.2, 0) is 32.7 Å². The highest BCUT2D eigenvalue weighted by Crippen LogP contribution is 2.38. The normalized spacial score (nSPS) is 14.2. The largest absolute Gasteiger partial charge is 0.756 e. The van der Waals surface area contributed by atoms with E-state index in [0.29, 0.717) is 17.4 Å². The first-order valence-electron chi connectivity index (χ1n) is 38.8. The van der Waals surface area contributed by atoms with Crippen molar-refractivity contribution in [2.45, 2.75) is 290 Å². The van der Waals surface area contributed by atoms with Gasteiger partial charge >= 0.3 is 11.9 Å². The maximum atomic E-state index is 12.9. The molecule has 2 atom stereocenters. The van der Waals surface area contributed by atoms with E-state index in [1.165, 1.54) is 89.9 Å². The summed E-state index contributed by atoms with van der Waals surface area (Å²) in [7, 11) is 1.13. The number of nitrogens with zero attached hydrogens (tertiary/aromatic N) is 1. The van der Waals surface area contributed by atoms with Crippen molar-refractivity contribution in [3.8, 4) is 0 Å². The molecule has 0 aromatic carbocycles. The summed E-state index contributed by atoms with van der Waals surface area (Å²) >= 11 is 0. The van der Waals surface area contributed by atoms with Crippen molar-refractivity contribution < 1.29 is 42.1 Å². The van der Waals surface area contributed by atoms with Crippen LogP contribution < -0.4 is 4.89 Å². The molecule has 2 unspecified atom stereocenters. The minimum atomic E-state index is -4.67. The zero-order chi connectivity index (χ0) is 71.1. The van der Waals surface area contributed by atoms with Crippen molar-refractivity contribution in [2.75, 3.05) is 47.5 Å². The summed E-state index contributed by atoms with van der Waals surface area (Å²) in [4.78, 5) is 38.2. The van der Waals surface area contributed by atoms with Crippen LogP contribution in [0.3, 0.4) is 0 Å². The quantitative estimate of drug-likeness (QED) is 0.0195. The van der Waals surface area contributed by atoms with Gasteiger partial charge in [0.1, 0.15) is 19.8 Å². The Labute approximate surface area is 602 Å². The highest BCUT2D eigenvalue weighted by molar-refractivity contribution is 7.45. The molecule has 0 radical (unpaired) electrons. The molecule has 0 spiro atoms. The van der Waals surface area contributed by atoms with Gasteiger partial charge in [-0.25, -0.2) is 0 Å². The lowest BCUT2D eigenvalue weighted by molar-refractivity contribution is -0.870. The Balaban J connectivity index is 4.12. The van der Waals surface area contributed by atoms with E-state index in [0.717, 1.165) is 161 Å². The van der Waals surface area contributed by atoms with Crippen LogP contribution in [0.1, 0.15) is 284 Å². The number of allylic oxidation sites excluding steroid dienone is 34. The van der Waals surface area contributed by atoms with Crippen LogP contribution in [0.25, 0.3) is 0 Å². The van der Waals surface area contributed by atoms with E-state index in [1.807, 2.05) is 21.1 Å². The minimum absolute atomic E-state index is 0.0447. The number of rotatable bonds is 69. The Morgan fingerprint density at radius 1 is 0.316 bits per heavy atom. The van der Waals surface area contributed by atoms with Gasteiger partial charge in [-0.05, 0) is 148 Å². The molecule has 0 N–H and O–H groups in total. The van der Waals surface area contributed by atoms with Gasteiger partial charge in [-0.15, -0.1) is 0 Å². The van der Waals surface area contributed by atoms with E-state index in [-0.39, 0.29) is 26.1 Å². The topological polar surface area (TPSA) is 111 Å². The molecule has 0 amide bonds. The molecule has 0 bridgehead atoms. The maximum absolute atomic E-state index is 12.9. The van der Waals surface area contributed by atoms with Crippen molar-refractivity contribution in [2.24, 2.45) is 0 Å². The highest BCUT2D eigenvalue weighted by atomic mass is 31.2. The molecule has 552 valence electrons. The van der Waals surface area contributed by atoms with Crippen molar-refractivity contribution in [3.05, 3.63) is 207 Å². The number of phosphoric acid groups is 1. The molecule has 9 nitrogen and oxygen atoms in total. The lowest BCUT2D eigenvalue weighted by Crippen LogP contribution is -2.37. The third-order valence-electron chi connectivity index (χ3n) is 15.8. The van der Waals surface area contributed by atoms with E-state index in [1.54, 1.807) is 0 Å². The van der Waals surface area contributed by atoms with E-state index in [4.69, 9.17) is 18.5 Å². The third-order valence-corrected chi connectivity index (χ3v) is 16.8. The Kier molecular flexibility index (Phi) is 71.6. The number of hydrogen-bond donors (Lipinski definition) is 0. The molecular formula is C88H142NO8P. The number of quaternary nitrogens is 1. The highest BCUT2D eigenvalue weighted by Gasteiger charge is 2.22. The predicted octanol–water partition coefficient (Wildman–Crippen LogP) is 25.5. The molecule has 10 heteroatoms. The average Bonchev–Trinajstić information content (AvgIpc) is 1.23. The summed E-state index contributed by atoms with van der Waals surface area (Å²) in [5, 5.41) is 0. The number of phosphoric ester groups is 1. The SMILES string of the molecule is CC/C=C\C/C=C\C/C=C\C/C=C\C/C=C\C/C=C\C/C=C\C/C=C\C/C=C\C/C=C\C/C=C\CCCCCCCC(=O)OC(COC(=O)CCCCCCCCCCCCCCCCCC/C=C\C/C=C\C/C=C\C/C=C\C/C=C\C/C=C\CC)COP(=O)([O-])OCC[N+](C)(C)C. The first kappa shape index (κ1) is 92.6. The van der Waals surface area contributed by atoms with Crippen LogP contribution >= 0.6 is 7.82 Å². The van der Waals surface area contributed by atoms with Crippen molar-refractivity contribution in [1.82, 2.24) is 0 Å². The van der Waals surface area contributed by atoms with E-state index in [2.05, 4.69) is 220 Å². The van der Waals surface area contributed by atoms with Gasteiger partial charge in [-0.2, -0.15) is 0 Å². The van der Waals surface area contributed by atoms with Crippen molar-refractivity contribution in [3.63, 3.8) is 0 Å². The third kappa shape index (κ3) is 79.6. The second kappa shape index (κ2) is 75.8. The van der Waals surface area contributed by atoms with Crippen LogP contribution in [0.4, 0.5) is 0 Å². The lowest BCUT2D eigenvalue weighted by Gasteiger charge is -2.28. The fourth-order valence-corrected chi connectivity index (χ4v) is 10.7. The zero-order valence-electron chi connectivity index (χ0n) is 62.9. The second-order valence-corrected chi connectivity index (χ2v) is 27.7. The first-order valence-corrected chi connectivity index (χ1v) is 40.3. The number of carbonyl (C=O) groups excluding carboxylic acids is 2. The van der Waals surface area contributed by atoms with Gasteiger partial charge in [0.25, 0.3) is 7.82 Å². The van der Waals surface area contributed by atoms with Gasteiger partial charge in [0.15, 0.2) is 6.10 Å². The molecule has 0 aromatic rings. The number of unbranched alkanes of at least 4 members (excludes halogenated alkanes) is 21. The molecule has 0 aliphatic carbocycles. The molecule has 0 aliphatic rings. The van der Waals surface area contributed by atoms with Gasteiger partial charge < -0.3 is 27.9 Å². The number of hydrogen-bond acceptors (Lipinski definition) is 8. The van der Waals surface area contributed by atoms with Crippen molar-refractivity contribution in [1.29, 1.82) is 0 Å². The summed E-state index contributed by atoms with van der Waals surface area (Å²) in [6.07, 6.45) is 119. The van der Waals surface area contributed by atoms with Crippen LogP contribution in [0, 0.1) is 0 Å². The maximum Gasteiger partial charge on any atom is 0.306 e. The molecule has 0 saturated carbocycles. The molecule has 0 aromatic heterocycles. The molecule has 0 heterocycles. The minimum Gasteiger partial charge on any atom is -0.756 e. The fourth-order valence-electron chi connectivity index (χ4n) is 9.96. The lowest BCUT2D eigenvalue weighted by atomic mass is 10.0. The zero-order valence-corrected chi connectivity index (χ0v) is 63.8. The number of ether oxygens (including phenoxy) is 2. The number of esters is 2. The van der Waals surface area contributed by atoms with E-state index >= 15 is 0 Å². The van der Waals surface area contributed by atoms with Crippen molar-refractivity contribution >= 4 is 19.8 Å². The number of likely N-dealkylation sites (N-methyl/N-ethyl adjacent to an activating group) is 1. The first-order chi connectivity index (χ1) is 48.0. The van der Waals surface area contributed by atoms with E-state index < -0.39 is 32.5 Å². The Morgan fingerprint density at radius 2 is 0.551 bits per heavy atom. The monoisotopic (exact) mass is 1370 g/mol. The summed E-state index contributed by atoms with van der Waals surface area (Å²) in [5.41, 5.74) is 0. The number of carbonyl (C=O) groups is 2. The fraction of sp³-hybridized carbons (Fsp3) is 0.591. The summed E-state index contributed by atoms with van der Waals surface area (Å²) in [5.74, 6) is -0.864. The van der Waals surface area contributed by atoms with Crippen LogP contribution in [0.15, 0.2) is 207 Å². The van der Waals surface area contributed by atoms with Crippen LogP contribution in [0.5, 0.6) is 0 Å². The summed E-state index contributed by atoms with van der Waals surface area (Å²) in [6.45, 7) is 3.98. The molecular weight excluding hydrogens is 1230 g/mol. The molecule has 0 aliphatic heterocycles. The van der Waals surface area contributed by atoms with Gasteiger partial charge in [0, 0.05) is 12.8 Å². The van der Waals surface area contributed by atoms with Gasteiger partial charge in [-0.1, -0.05) is 330 Å². The van der Waals surface area contributed by atoms with E-state index in [9.17, 15) is 19.0 Å². The Morgan fingerprint density at radius 3 is 0.816 bits per heavy atom. The second-order valence-electron chi connectivity index (χ2n) is 26.3. The van der Waals surface area contributed by atoms with Gasteiger partial charge in [-0.3, -0.25) is 14.2 Å². The van der Waals surface area contributed by atoms with Crippen LogP contribution in [-0.4, -0.2) is 70.0 Å². The standard InChI is InChI=1S/C88H142NO8P/c1-6-8-10-12-14-16-18-20-22-24-26-28-30-32-34-36-38-40-42-43-44-45-47-49-51-53-55-57-59-61-63-65-67-69-71-73-75-77-79-81-88(91)97-86(85-96-98(92,93)95-83-82-89(3,4)5)84-94-87(90)80-78-76-74-72-70-68-66-64-62-60-58-56-54-52-50-48-46-41-39-37-35-33-31-29-27-25-23-21-19-17-15-13-11-9-7-2/h8-11,14-17,20-23,26-29,32-35,38-41,43-44,47,49,53,55,59,61,65,67,86H,6-7,12-13,18-19,24-25,30-31,36-37,42,45-46,48,50-52,54,56-58,60,62-64,66,68-85H2,1-5H3/b10-8-,11-9-,16-14-,17-15-,22-20-,23-21-,28-26-,29-27-,34-32-,35-33-,40-38-,41-39-,44-43-,49-47-,55-53-,61-59-,67-65-. The van der Waals surface area contributed by atoms with Gasteiger partial charge in [0.2, 0.25) is 0 Å². The summed E-state index contributed by atoms with van der Waals surface area (Å²) < 4.78 is 34.3. The van der Waals surface area contributed by atoms with Gasteiger partial charge in [0.05, 0.1) is 27.7 Å². The summed E-state index contributed by atoms with van der Waals surface area (Å²) in [6, 6.07) is 0. The molecule has 0 rings (SSSR count). The predicted molar refractivity (Wildman–Crippen MR) is 424 cm³/mol. The Bertz CT molecular complexity index is 2410.